The van der Waals surface area contributed by atoms with Crippen LogP contribution in [0.1, 0.15) is 36.3 Å². The zero-order valence-electron chi connectivity index (χ0n) is 15.8. The Hall–Kier alpha value is -1.44. The van der Waals surface area contributed by atoms with E-state index in [1.54, 1.807) is 22.7 Å². The van der Waals surface area contributed by atoms with E-state index in [0.717, 1.165) is 42.7 Å². The Morgan fingerprint density at radius 1 is 1.00 bits per heavy atom. The normalized spacial score (nSPS) is 19.3. The predicted molar refractivity (Wildman–Crippen MR) is 113 cm³/mol. The van der Waals surface area contributed by atoms with Crippen molar-refractivity contribution in [1.82, 2.24) is 14.8 Å². The lowest BCUT2D eigenvalue weighted by Gasteiger charge is -2.34. The minimum absolute atomic E-state index is 0.248. The number of amides is 1. The molecular weight excluding hydrogens is 376 g/mol. The van der Waals surface area contributed by atoms with E-state index >= 15 is 0 Å². The van der Waals surface area contributed by atoms with Crippen molar-refractivity contribution in [2.45, 2.75) is 38.6 Å². The van der Waals surface area contributed by atoms with E-state index in [2.05, 4.69) is 15.2 Å². The van der Waals surface area contributed by atoms with Gasteiger partial charge >= 0.3 is 0 Å². The Labute approximate surface area is 169 Å². The number of nitrogens with zero attached hydrogens (tertiary/aromatic N) is 4. The molecule has 2 fully saturated rings. The van der Waals surface area contributed by atoms with Crippen LogP contribution < -0.4 is 4.90 Å². The number of anilines is 1. The van der Waals surface area contributed by atoms with Crippen LogP contribution in [0.4, 0.5) is 5.13 Å². The quantitative estimate of drug-likeness (QED) is 0.765. The number of aromatic nitrogens is 1. The second kappa shape index (κ2) is 9.17. The number of rotatable bonds is 5. The fourth-order valence-electron chi connectivity index (χ4n) is 3.86. The molecule has 2 aromatic heterocycles. The first-order chi connectivity index (χ1) is 13.3. The lowest BCUT2D eigenvalue weighted by atomic mass is 10.2. The Morgan fingerprint density at radius 2 is 1.78 bits per heavy atom. The number of carbonyl (C=O) groups excluding carboxylic acids is 1. The molecule has 2 aliphatic rings. The molecule has 146 valence electrons. The van der Waals surface area contributed by atoms with Crippen LogP contribution in [-0.4, -0.2) is 60.0 Å². The van der Waals surface area contributed by atoms with Gasteiger partial charge in [0.05, 0.1) is 12.1 Å². The van der Waals surface area contributed by atoms with E-state index in [4.69, 9.17) is 4.98 Å². The van der Waals surface area contributed by atoms with Gasteiger partial charge in [0.2, 0.25) is 5.91 Å². The van der Waals surface area contributed by atoms with Crippen molar-refractivity contribution in [2.75, 3.05) is 44.2 Å². The van der Waals surface area contributed by atoms with Crippen LogP contribution >= 0.6 is 22.7 Å². The van der Waals surface area contributed by atoms with E-state index < -0.39 is 0 Å². The lowest BCUT2D eigenvalue weighted by molar-refractivity contribution is -0.130. The smallest absolute Gasteiger partial charge is 0.227 e. The van der Waals surface area contributed by atoms with E-state index in [-0.39, 0.29) is 5.91 Å². The van der Waals surface area contributed by atoms with Crippen molar-refractivity contribution in [3.05, 3.63) is 33.5 Å². The third kappa shape index (κ3) is 5.09. The monoisotopic (exact) mass is 404 g/mol. The van der Waals surface area contributed by atoms with Gasteiger partial charge in [-0.2, -0.15) is 0 Å². The van der Waals surface area contributed by atoms with E-state index in [9.17, 15) is 4.79 Å². The Bertz CT molecular complexity index is 714. The van der Waals surface area contributed by atoms with Gasteiger partial charge in [-0.1, -0.05) is 18.9 Å². The van der Waals surface area contributed by atoms with Gasteiger partial charge in [-0.15, -0.1) is 22.7 Å². The average Bonchev–Trinajstić information content (AvgIpc) is 3.30. The lowest BCUT2D eigenvalue weighted by Crippen LogP contribution is -2.49. The molecule has 0 unspecified atom stereocenters. The summed E-state index contributed by atoms with van der Waals surface area (Å²) in [6.45, 7) is 6.75. The molecule has 4 heterocycles. The summed E-state index contributed by atoms with van der Waals surface area (Å²) >= 11 is 3.41. The number of thiophene rings is 1. The van der Waals surface area contributed by atoms with Gasteiger partial charge in [-0.05, 0) is 37.4 Å². The second-order valence-corrected chi connectivity index (χ2v) is 9.30. The maximum Gasteiger partial charge on any atom is 0.227 e. The van der Waals surface area contributed by atoms with Crippen LogP contribution in [0.3, 0.4) is 0 Å². The van der Waals surface area contributed by atoms with Gasteiger partial charge < -0.3 is 9.80 Å². The third-order valence-corrected chi connectivity index (χ3v) is 7.26. The minimum atomic E-state index is 0.248. The number of hydrogen-bond donors (Lipinski definition) is 0. The van der Waals surface area contributed by atoms with Crippen LogP contribution in [0.2, 0.25) is 0 Å². The highest BCUT2D eigenvalue weighted by molar-refractivity contribution is 7.13. The molecule has 0 spiro atoms. The molecule has 27 heavy (non-hydrogen) atoms. The summed E-state index contributed by atoms with van der Waals surface area (Å²) < 4.78 is 0. The standard InChI is InChI=1S/C20H28N4OS2/c25-19(14-18-6-5-13-26-18)23-9-11-24(12-10-23)20-21-17(16-27-20)15-22-7-3-1-2-4-8-22/h5-6,13,16H,1-4,7-12,14-15H2. The van der Waals surface area contributed by atoms with Gasteiger partial charge in [-0.25, -0.2) is 4.98 Å². The summed E-state index contributed by atoms with van der Waals surface area (Å²) in [5.41, 5.74) is 1.20. The number of piperazine rings is 1. The van der Waals surface area contributed by atoms with Gasteiger partial charge in [0, 0.05) is 43.0 Å². The van der Waals surface area contributed by atoms with Crippen LogP contribution in [0.15, 0.2) is 22.9 Å². The average molecular weight is 405 g/mol. The van der Waals surface area contributed by atoms with Crippen LogP contribution in [0, 0.1) is 0 Å². The van der Waals surface area contributed by atoms with Crippen molar-refractivity contribution in [3.8, 4) is 0 Å². The zero-order valence-corrected chi connectivity index (χ0v) is 17.4. The SMILES string of the molecule is O=C(Cc1cccs1)N1CCN(c2nc(CN3CCCCCC3)cs2)CC1. The molecular formula is C20H28N4OS2. The zero-order chi connectivity index (χ0) is 18.5. The number of carbonyl (C=O) groups is 1. The van der Waals surface area contributed by atoms with E-state index in [1.807, 2.05) is 22.4 Å². The first-order valence-electron chi connectivity index (χ1n) is 10.00. The Balaban J connectivity index is 1.27. The molecule has 0 radical (unpaired) electrons. The molecule has 0 bridgehead atoms. The van der Waals surface area contributed by atoms with Gasteiger partial charge in [0.1, 0.15) is 0 Å². The highest BCUT2D eigenvalue weighted by atomic mass is 32.1. The fourth-order valence-corrected chi connectivity index (χ4v) is 5.42. The molecule has 0 aromatic carbocycles. The molecule has 2 aliphatic heterocycles. The third-order valence-electron chi connectivity index (χ3n) is 5.43. The molecule has 0 N–H and O–H groups in total. The highest BCUT2D eigenvalue weighted by Gasteiger charge is 2.23. The summed E-state index contributed by atoms with van der Waals surface area (Å²) in [5, 5.41) is 5.37. The highest BCUT2D eigenvalue weighted by Crippen LogP contribution is 2.24. The molecule has 0 aliphatic carbocycles. The van der Waals surface area contributed by atoms with E-state index in [0.29, 0.717) is 6.42 Å². The topological polar surface area (TPSA) is 39.7 Å². The Kier molecular flexibility index (Phi) is 6.42. The minimum Gasteiger partial charge on any atom is -0.345 e. The summed E-state index contributed by atoms with van der Waals surface area (Å²) in [7, 11) is 0. The molecule has 0 saturated carbocycles. The Morgan fingerprint density at radius 3 is 2.48 bits per heavy atom. The predicted octanol–water partition coefficient (Wildman–Crippen LogP) is 3.47. The number of likely N-dealkylation sites (tertiary alicyclic amines) is 1. The van der Waals surface area contributed by atoms with Crippen LogP contribution in [-0.2, 0) is 17.8 Å². The van der Waals surface area contributed by atoms with E-state index in [1.165, 1.54) is 44.5 Å². The second-order valence-electron chi connectivity index (χ2n) is 7.44. The first kappa shape index (κ1) is 18.9. The van der Waals surface area contributed by atoms with Crippen molar-refractivity contribution in [3.63, 3.8) is 0 Å². The van der Waals surface area contributed by atoms with Crippen molar-refractivity contribution >= 4 is 33.7 Å². The molecule has 0 atom stereocenters. The molecule has 7 heteroatoms. The largest absolute Gasteiger partial charge is 0.345 e. The van der Waals surface area contributed by atoms with Gasteiger partial charge in [-0.3, -0.25) is 9.69 Å². The summed E-state index contributed by atoms with van der Waals surface area (Å²) in [6, 6.07) is 4.05. The van der Waals surface area contributed by atoms with Gasteiger partial charge in [0.15, 0.2) is 5.13 Å². The fraction of sp³-hybridized carbons (Fsp3) is 0.600. The molecule has 2 aromatic rings. The van der Waals surface area contributed by atoms with Crippen LogP contribution in [0.25, 0.3) is 0 Å². The molecule has 5 nitrogen and oxygen atoms in total. The summed E-state index contributed by atoms with van der Waals surface area (Å²) in [4.78, 5) is 25.4. The number of hydrogen-bond acceptors (Lipinski definition) is 6. The van der Waals surface area contributed by atoms with Crippen molar-refractivity contribution < 1.29 is 4.79 Å². The molecule has 1 amide bonds. The van der Waals surface area contributed by atoms with Crippen molar-refractivity contribution in [1.29, 1.82) is 0 Å². The van der Waals surface area contributed by atoms with Crippen molar-refractivity contribution in [2.24, 2.45) is 0 Å². The van der Waals surface area contributed by atoms with Gasteiger partial charge in [0.25, 0.3) is 0 Å². The van der Waals surface area contributed by atoms with Crippen LogP contribution in [0.5, 0.6) is 0 Å². The maximum absolute atomic E-state index is 12.5. The first-order valence-corrected chi connectivity index (χ1v) is 11.8. The maximum atomic E-state index is 12.5. The molecule has 2 saturated heterocycles. The number of thiazole rings is 1. The molecule has 4 rings (SSSR count). The summed E-state index contributed by atoms with van der Waals surface area (Å²) in [6.07, 6.45) is 5.91. The summed E-state index contributed by atoms with van der Waals surface area (Å²) in [5.74, 6) is 0.248.